The number of benzene rings is 1. The van der Waals surface area contributed by atoms with E-state index < -0.39 is 5.97 Å². The van der Waals surface area contributed by atoms with Crippen LogP contribution in [-0.2, 0) is 6.54 Å². The van der Waals surface area contributed by atoms with E-state index in [1.807, 2.05) is 12.3 Å². The van der Waals surface area contributed by atoms with Gasteiger partial charge in [-0.15, -0.1) is 0 Å². The van der Waals surface area contributed by atoms with Gasteiger partial charge in [0.15, 0.2) is 0 Å². The Bertz CT molecular complexity index is 562. The zero-order valence-corrected chi connectivity index (χ0v) is 12.9. The molecule has 0 spiro atoms. The Morgan fingerprint density at radius 2 is 2.05 bits per heavy atom. The normalized spacial score (nSPS) is 10.4. The van der Waals surface area contributed by atoms with Gasteiger partial charge in [-0.1, -0.05) is 0 Å². The zero-order chi connectivity index (χ0) is 13.8. The number of rotatable bonds is 5. The summed E-state index contributed by atoms with van der Waals surface area (Å²) in [5.74, 6) is -0.401. The van der Waals surface area contributed by atoms with Crippen molar-refractivity contribution in [3.63, 3.8) is 0 Å². The molecule has 1 aromatic heterocycles. The first kappa shape index (κ1) is 14.1. The number of aromatic nitrogens is 2. The number of carboxylic acid groups (broad SMARTS) is 1. The molecule has 1 heterocycles. The molecule has 2 rings (SSSR count). The molecule has 0 amide bonds. The molecule has 0 bridgehead atoms. The van der Waals surface area contributed by atoms with Gasteiger partial charge in [0.05, 0.1) is 21.1 Å². The van der Waals surface area contributed by atoms with Crippen molar-refractivity contribution in [2.24, 2.45) is 0 Å². The third-order valence-electron chi connectivity index (χ3n) is 2.37. The number of hydrogen-bond acceptors (Lipinski definition) is 3. The zero-order valence-electron chi connectivity index (χ0n) is 9.72. The van der Waals surface area contributed by atoms with Crippen molar-refractivity contribution >= 4 is 37.8 Å². The van der Waals surface area contributed by atoms with E-state index in [1.165, 1.54) is 12.1 Å². The maximum Gasteiger partial charge on any atom is 0.335 e. The van der Waals surface area contributed by atoms with Crippen LogP contribution >= 0.6 is 31.9 Å². The highest BCUT2D eigenvalue weighted by atomic mass is 79.9. The summed E-state index contributed by atoms with van der Waals surface area (Å²) in [6.45, 7) is 1.05. The van der Waals surface area contributed by atoms with Crippen LogP contribution in [0.4, 0.5) is 0 Å². The molecule has 0 aliphatic rings. The average molecular weight is 390 g/mol. The molecule has 0 atom stereocenters. The lowest BCUT2D eigenvalue weighted by Gasteiger charge is -2.11. The quantitative estimate of drug-likeness (QED) is 0.852. The standard InChI is InChI=1S/C12H10Br2N2O3/c13-9-6-8(12(17)18)7-10(14)11(9)19-5-4-16-3-1-2-15-16/h1-3,6-7H,4-5H2,(H,17,18). The van der Waals surface area contributed by atoms with Gasteiger partial charge >= 0.3 is 5.97 Å². The Labute approximate surface area is 126 Å². The van der Waals surface area contributed by atoms with Crippen LogP contribution in [0.1, 0.15) is 10.4 Å². The summed E-state index contributed by atoms with van der Waals surface area (Å²) in [7, 11) is 0. The topological polar surface area (TPSA) is 64.3 Å². The van der Waals surface area contributed by atoms with Gasteiger partial charge in [0.25, 0.3) is 0 Å². The lowest BCUT2D eigenvalue weighted by atomic mass is 10.2. The van der Waals surface area contributed by atoms with Gasteiger partial charge in [0, 0.05) is 12.4 Å². The third kappa shape index (κ3) is 3.57. The number of ether oxygens (including phenoxy) is 1. The van der Waals surface area contributed by atoms with Crippen LogP contribution in [-0.4, -0.2) is 27.5 Å². The Morgan fingerprint density at radius 1 is 1.37 bits per heavy atom. The molecule has 0 aliphatic heterocycles. The lowest BCUT2D eigenvalue weighted by molar-refractivity contribution is 0.0696. The Morgan fingerprint density at radius 3 is 2.58 bits per heavy atom. The predicted molar refractivity (Wildman–Crippen MR) is 76.5 cm³/mol. The summed E-state index contributed by atoms with van der Waals surface area (Å²) in [6.07, 6.45) is 3.55. The van der Waals surface area contributed by atoms with Gasteiger partial charge in [0.1, 0.15) is 12.4 Å². The molecule has 1 N–H and O–H groups in total. The molecule has 0 aliphatic carbocycles. The number of carbonyl (C=O) groups is 1. The maximum absolute atomic E-state index is 10.9. The summed E-state index contributed by atoms with van der Waals surface area (Å²) in [5, 5.41) is 13.0. The first-order valence-corrected chi connectivity index (χ1v) is 6.99. The molecule has 1 aromatic carbocycles. The second kappa shape index (κ2) is 6.21. The van der Waals surface area contributed by atoms with Gasteiger partial charge in [-0.05, 0) is 50.1 Å². The molecule has 0 saturated carbocycles. The van der Waals surface area contributed by atoms with E-state index in [4.69, 9.17) is 9.84 Å². The summed E-state index contributed by atoms with van der Waals surface area (Å²) >= 11 is 6.61. The van der Waals surface area contributed by atoms with Crippen molar-refractivity contribution < 1.29 is 14.6 Å². The van der Waals surface area contributed by atoms with Crippen molar-refractivity contribution in [1.82, 2.24) is 9.78 Å². The van der Waals surface area contributed by atoms with Crippen LogP contribution in [0.2, 0.25) is 0 Å². The maximum atomic E-state index is 10.9. The highest BCUT2D eigenvalue weighted by Gasteiger charge is 2.12. The monoisotopic (exact) mass is 388 g/mol. The molecule has 7 heteroatoms. The van der Waals surface area contributed by atoms with Crippen LogP contribution in [0.3, 0.4) is 0 Å². The van der Waals surface area contributed by atoms with Crippen molar-refractivity contribution in [2.45, 2.75) is 6.54 Å². The Hall–Kier alpha value is -1.34. The van der Waals surface area contributed by atoms with Crippen LogP contribution in [0.5, 0.6) is 5.75 Å². The first-order chi connectivity index (χ1) is 9.08. The average Bonchev–Trinajstić information content (AvgIpc) is 2.85. The highest BCUT2D eigenvalue weighted by Crippen LogP contribution is 2.34. The van der Waals surface area contributed by atoms with E-state index in [9.17, 15) is 4.79 Å². The van der Waals surface area contributed by atoms with Gasteiger partial charge in [0.2, 0.25) is 0 Å². The summed E-state index contributed by atoms with van der Waals surface area (Å²) < 4.78 is 8.58. The van der Waals surface area contributed by atoms with Crippen molar-refractivity contribution in [2.75, 3.05) is 6.61 Å². The van der Waals surface area contributed by atoms with Crippen LogP contribution in [0.15, 0.2) is 39.5 Å². The second-order valence-electron chi connectivity index (χ2n) is 3.69. The summed E-state index contributed by atoms with van der Waals surface area (Å²) in [5.41, 5.74) is 0.193. The van der Waals surface area contributed by atoms with E-state index in [0.29, 0.717) is 27.8 Å². The first-order valence-electron chi connectivity index (χ1n) is 5.40. The van der Waals surface area contributed by atoms with Gasteiger partial charge < -0.3 is 9.84 Å². The molecule has 19 heavy (non-hydrogen) atoms. The fraction of sp³-hybridized carbons (Fsp3) is 0.167. The van der Waals surface area contributed by atoms with Crippen LogP contribution < -0.4 is 4.74 Å². The largest absolute Gasteiger partial charge is 0.489 e. The number of nitrogens with zero attached hydrogens (tertiary/aromatic N) is 2. The molecule has 100 valence electrons. The van der Waals surface area contributed by atoms with Crippen LogP contribution in [0.25, 0.3) is 0 Å². The predicted octanol–water partition coefficient (Wildman–Crippen LogP) is 3.19. The van der Waals surface area contributed by atoms with E-state index in [1.54, 1.807) is 10.9 Å². The minimum absolute atomic E-state index is 0.193. The molecular weight excluding hydrogens is 380 g/mol. The number of halogens is 2. The van der Waals surface area contributed by atoms with Gasteiger partial charge in [-0.3, -0.25) is 4.68 Å². The molecule has 0 saturated heterocycles. The fourth-order valence-electron chi connectivity index (χ4n) is 1.50. The number of aromatic carboxylic acids is 1. The van der Waals surface area contributed by atoms with E-state index >= 15 is 0 Å². The number of carboxylic acids is 1. The summed E-state index contributed by atoms with van der Waals surface area (Å²) in [4.78, 5) is 10.9. The number of hydrogen-bond donors (Lipinski definition) is 1. The third-order valence-corrected chi connectivity index (χ3v) is 3.55. The molecule has 0 unspecified atom stereocenters. The second-order valence-corrected chi connectivity index (χ2v) is 5.40. The minimum atomic E-state index is -0.982. The van der Waals surface area contributed by atoms with E-state index in [-0.39, 0.29) is 5.56 Å². The van der Waals surface area contributed by atoms with Crippen molar-refractivity contribution in [3.05, 3.63) is 45.1 Å². The molecule has 0 fully saturated rings. The van der Waals surface area contributed by atoms with Gasteiger partial charge in [-0.2, -0.15) is 5.10 Å². The Kier molecular flexibility index (Phi) is 4.60. The minimum Gasteiger partial charge on any atom is -0.489 e. The van der Waals surface area contributed by atoms with Gasteiger partial charge in [-0.25, -0.2) is 4.79 Å². The van der Waals surface area contributed by atoms with E-state index in [2.05, 4.69) is 37.0 Å². The molecular formula is C12H10Br2N2O3. The van der Waals surface area contributed by atoms with E-state index in [0.717, 1.165) is 0 Å². The van der Waals surface area contributed by atoms with Crippen LogP contribution in [0, 0.1) is 0 Å². The summed E-state index contributed by atoms with van der Waals surface area (Å²) in [6, 6.07) is 4.86. The molecule has 2 aromatic rings. The molecule has 0 radical (unpaired) electrons. The fourth-order valence-corrected chi connectivity index (χ4v) is 2.91. The molecule has 5 nitrogen and oxygen atoms in total. The van der Waals surface area contributed by atoms with Crippen molar-refractivity contribution in [3.8, 4) is 5.75 Å². The Balaban J connectivity index is 2.06. The SMILES string of the molecule is O=C(O)c1cc(Br)c(OCCn2cccn2)c(Br)c1. The lowest BCUT2D eigenvalue weighted by Crippen LogP contribution is -2.09. The van der Waals surface area contributed by atoms with Crippen molar-refractivity contribution in [1.29, 1.82) is 0 Å². The smallest absolute Gasteiger partial charge is 0.335 e. The highest BCUT2D eigenvalue weighted by molar-refractivity contribution is 9.11.